The quantitative estimate of drug-likeness (QED) is 0.566. The van der Waals surface area contributed by atoms with Gasteiger partial charge in [0.25, 0.3) is 0 Å². The monoisotopic (exact) mass is 292 g/mol. The van der Waals surface area contributed by atoms with Gasteiger partial charge in [0.1, 0.15) is 0 Å². The molecule has 2 heteroatoms. The van der Waals surface area contributed by atoms with Crippen molar-refractivity contribution in [3.05, 3.63) is 71.8 Å². The molecule has 2 rings (SSSR count). The van der Waals surface area contributed by atoms with Crippen LogP contribution < -0.4 is 10.4 Å². The van der Waals surface area contributed by atoms with Crippen LogP contribution in [0.25, 0.3) is 0 Å². The summed E-state index contributed by atoms with van der Waals surface area (Å²) in [4.78, 5) is 0. The maximum absolute atomic E-state index is 2.29. The Morgan fingerprint density at radius 3 is 1.35 bits per heavy atom. The Labute approximate surface area is 127 Å². The molecule has 0 saturated carbocycles. The fourth-order valence-electron chi connectivity index (χ4n) is 1.88. The van der Waals surface area contributed by atoms with E-state index in [9.17, 15) is 0 Å². The van der Waals surface area contributed by atoms with Crippen molar-refractivity contribution in [3.63, 3.8) is 0 Å². The first kappa shape index (κ1) is 15.0. The Hall–Kier alpha value is -1.39. The van der Waals surface area contributed by atoms with Crippen LogP contribution in [0.2, 0.25) is 12.1 Å². The molecule has 100 valence electrons. The summed E-state index contributed by atoms with van der Waals surface area (Å²) in [5, 5.41) is 2.93. The Kier molecular flexibility index (Phi) is 6.02. The zero-order chi connectivity index (χ0) is 14.2. The molecule has 0 nitrogen and oxygen atoms in total. The van der Waals surface area contributed by atoms with E-state index >= 15 is 0 Å². The molecule has 2 aromatic carbocycles. The van der Waals surface area contributed by atoms with E-state index in [2.05, 4.69) is 74.5 Å². The summed E-state index contributed by atoms with van der Waals surface area (Å²) in [5.41, 5.74) is 3.13. The van der Waals surface area contributed by atoms with Crippen LogP contribution in [-0.2, 0) is 0 Å². The van der Waals surface area contributed by atoms with Crippen molar-refractivity contribution in [2.45, 2.75) is 25.9 Å². The first-order valence-corrected chi connectivity index (χ1v) is 9.40. The summed E-state index contributed by atoms with van der Waals surface area (Å²) in [6.45, 7) is 4.58. The van der Waals surface area contributed by atoms with Gasteiger partial charge in [-0.15, -0.1) is 0 Å². The molecule has 0 N–H and O–H groups in total. The summed E-state index contributed by atoms with van der Waals surface area (Å²) < 4.78 is 0. The lowest BCUT2D eigenvalue weighted by atomic mass is 10.2. The van der Waals surface area contributed by atoms with Crippen LogP contribution in [0.5, 0.6) is 0 Å². The highest BCUT2D eigenvalue weighted by atomic mass is 28.2. The molecular formula is C18H20Si2. The van der Waals surface area contributed by atoms with Crippen LogP contribution in [0, 0.1) is 0 Å². The number of rotatable bonds is 6. The smallest absolute Gasteiger partial charge is 0.0774 e. The van der Waals surface area contributed by atoms with E-state index < -0.39 is 0 Å². The molecule has 0 aliphatic carbocycles. The van der Waals surface area contributed by atoms with Gasteiger partial charge in [0.15, 0.2) is 0 Å². The second kappa shape index (κ2) is 8.02. The number of allylic oxidation sites excluding steroid dienone is 2. The van der Waals surface area contributed by atoms with E-state index in [1.54, 1.807) is 11.1 Å². The van der Waals surface area contributed by atoms with Crippen LogP contribution in [0.3, 0.4) is 0 Å². The third-order valence-electron chi connectivity index (χ3n) is 3.39. The number of hydrogen-bond acceptors (Lipinski definition) is 0. The average Bonchev–Trinajstić information content (AvgIpc) is 2.52. The topological polar surface area (TPSA) is 0 Å². The molecule has 0 atom stereocenters. The SMILES string of the molecule is C/C(C[Si]c1ccccc1)=C(\C)C[Si]c1ccccc1. The summed E-state index contributed by atoms with van der Waals surface area (Å²) in [6.07, 6.45) is 0. The van der Waals surface area contributed by atoms with Gasteiger partial charge in [-0.1, -0.05) is 82.2 Å². The first-order valence-electron chi connectivity index (χ1n) is 6.99. The van der Waals surface area contributed by atoms with Gasteiger partial charge in [0.2, 0.25) is 0 Å². The van der Waals surface area contributed by atoms with E-state index in [4.69, 9.17) is 0 Å². The zero-order valence-electron chi connectivity index (χ0n) is 12.2. The average molecular weight is 293 g/mol. The van der Waals surface area contributed by atoms with Gasteiger partial charge in [-0.05, 0) is 25.9 Å². The van der Waals surface area contributed by atoms with Gasteiger partial charge < -0.3 is 0 Å². The van der Waals surface area contributed by atoms with Crippen molar-refractivity contribution >= 4 is 29.4 Å². The maximum Gasteiger partial charge on any atom is 0.0852 e. The minimum Gasteiger partial charge on any atom is -0.0774 e. The van der Waals surface area contributed by atoms with Gasteiger partial charge in [-0.2, -0.15) is 0 Å². The van der Waals surface area contributed by atoms with E-state index in [0.717, 1.165) is 19.0 Å². The molecule has 2 aromatic rings. The van der Waals surface area contributed by atoms with Crippen molar-refractivity contribution in [2.24, 2.45) is 0 Å². The summed E-state index contributed by atoms with van der Waals surface area (Å²) in [6, 6.07) is 24.0. The second-order valence-electron chi connectivity index (χ2n) is 5.00. The normalized spacial score (nSPS) is 12.1. The highest BCUT2D eigenvalue weighted by molar-refractivity contribution is 6.55. The van der Waals surface area contributed by atoms with Crippen LogP contribution in [0.15, 0.2) is 71.8 Å². The zero-order valence-corrected chi connectivity index (χ0v) is 14.2. The predicted octanol–water partition coefficient (Wildman–Crippen LogP) is 3.22. The molecule has 4 radical (unpaired) electrons. The minimum atomic E-state index is 0.894. The van der Waals surface area contributed by atoms with Crippen LogP contribution in [0.1, 0.15) is 13.8 Å². The molecule has 0 saturated heterocycles. The summed E-state index contributed by atoms with van der Waals surface area (Å²) in [7, 11) is 1.79. The van der Waals surface area contributed by atoms with Crippen molar-refractivity contribution in [3.8, 4) is 0 Å². The van der Waals surface area contributed by atoms with Crippen molar-refractivity contribution < 1.29 is 0 Å². The molecule has 0 aliphatic rings. The van der Waals surface area contributed by atoms with Gasteiger partial charge in [0, 0.05) is 0 Å². The fraction of sp³-hybridized carbons (Fsp3) is 0.222. The molecule has 0 bridgehead atoms. The Balaban J connectivity index is 1.84. The van der Waals surface area contributed by atoms with Gasteiger partial charge >= 0.3 is 0 Å². The van der Waals surface area contributed by atoms with Crippen LogP contribution in [-0.4, -0.2) is 19.0 Å². The summed E-state index contributed by atoms with van der Waals surface area (Å²) >= 11 is 0. The standard InChI is InChI=1S/C18H20Si2/c1-15(13-19-17-9-5-3-6-10-17)16(2)14-20-18-11-7-4-8-12-18/h3-12H,13-14H2,1-2H3/b16-15-. The Morgan fingerprint density at radius 1 is 0.650 bits per heavy atom. The predicted molar refractivity (Wildman–Crippen MR) is 91.6 cm³/mol. The maximum atomic E-state index is 2.29. The molecule has 0 spiro atoms. The molecule has 0 amide bonds. The highest BCUT2D eigenvalue weighted by Crippen LogP contribution is 2.11. The van der Waals surface area contributed by atoms with Crippen molar-refractivity contribution in [2.75, 3.05) is 0 Å². The van der Waals surface area contributed by atoms with Crippen molar-refractivity contribution in [1.82, 2.24) is 0 Å². The van der Waals surface area contributed by atoms with Crippen LogP contribution in [0.4, 0.5) is 0 Å². The molecule has 0 unspecified atom stereocenters. The van der Waals surface area contributed by atoms with E-state index in [1.807, 2.05) is 0 Å². The van der Waals surface area contributed by atoms with E-state index in [1.165, 1.54) is 22.5 Å². The van der Waals surface area contributed by atoms with Gasteiger partial charge in [-0.3, -0.25) is 0 Å². The molecule has 20 heavy (non-hydrogen) atoms. The molecule has 0 heterocycles. The molecule has 0 fully saturated rings. The number of hydrogen-bond donors (Lipinski definition) is 0. The Bertz CT molecular complexity index is 493. The van der Waals surface area contributed by atoms with E-state index in [-0.39, 0.29) is 0 Å². The molecule has 0 aliphatic heterocycles. The lowest BCUT2D eigenvalue weighted by Gasteiger charge is -2.07. The van der Waals surface area contributed by atoms with Crippen LogP contribution >= 0.6 is 0 Å². The lowest BCUT2D eigenvalue weighted by molar-refractivity contribution is 1.22. The fourth-order valence-corrected chi connectivity index (χ4v) is 4.28. The second-order valence-corrected chi connectivity index (χ2v) is 7.57. The lowest BCUT2D eigenvalue weighted by Crippen LogP contribution is -2.15. The first-order chi connectivity index (χ1) is 9.75. The largest absolute Gasteiger partial charge is 0.0852 e. The molecule has 0 aromatic heterocycles. The third kappa shape index (κ3) is 4.95. The Morgan fingerprint density at radius 2 is 1.00 bits per heavy atom. The number of benzene rings is 2. The molecular weight excluding hydrogens is 272 g/mol. The minimum absolute atomic E-state index is 0.894. The van der Waals surface area contributed by atoms with Crippen molar-refractivity contribution in [1.29, 1.82) is 0 Å². The highest BCUT2D eigenvalue weighted by Gasteiger charge is 2.01. The van der Waals surface area contributed by atoms with Gasteiger partial charge in [-0.25, -0.2) is 0 Å². The van der Waals surface area contributed by atoms with Gasteiger partial charge in [0.05, 0.1) is 19.0 Å². The summed E-state index contributed by atoms with van der Waals surface area (Å²) in [5.74, 6) is 0. The third-order valence-corrected chi connectivity index (χ3v) is 6.29. The van der Waals surface area contributed by atoms with E-state index in [0.29, 0.717) is 0 Å².